The SMILES string of the molecule is CC(C)Cl.CC(N)=O. The van der Waals surface area contributed by atoms with Gasteiger partial charge in [0.2, 0.25) is 5.91 Å². The Balaban J connectivity index is 0. The monoisotopic (exact) mass is 137 g/mol. The van der Waals surface area contributed by atoms with E-state index in [-0.39, 0.29) is 5.91 Å². The predicted molar refractivity (Wildman–Crippen MR) is 35.9 cm³/mol. The average Bonchev–Trinajstić information content (AvgIpc) is 1.25. The molecular weight excluding hydrogens is 126 g/mol. The number of amides is 1. The minimum absolute atomic E-state index is 0.306. The lowest BCUT2D eigenvalue weighted by atomic mass is 10.6. The van der Waals surface area contributed by atoms with E-state index >= 15 is 0 Å². The molecule has 50 valence electrons. The van der Waals surface area contributed by atoms with Gasteiger partial charge in [0, 0.05) is 12.3 Å². The molecule has 0 aliphatic heterocycles. The minimum Gasteiger partial charge on any atom is -0.370 e. The topological polar surface area (TPSA) is 43.1 Å². The van der Waals surface area contributed by atoms with E-state index in [0.29, 0.717) is 5.38 Å². The molecule has 0 saturated carbocycles. The van der Waals surface area contributed by atoms with Crippen molar-refractivity contribution in [1.82, 2.24) is 0 Å². The molecule has 0 heterocycles. The van der Waals surface area contributed by atoms with Crippen molar-refractivity contribution in [2.24, 2.45) is 5.73 Å². The van der Waals surface area contributed by atoms with Crippen LogP contribution in [0.3, 0.4) is 0 Å². The maximum absolute atomic E-state index is 9.22. The maximum atomic E-state index is 9.22. The van der Waals surface area contributed by atoms with Crippen LogP contribution in [0.25, 0.3) is 0 Å². The summed E-state index contributed by atoms with van der Waals surface area (Å²) >= 11 is 5.27. The van der Waals surface area contributed by atoms with E-state index in [1.54, 1.807) is 0 Å². The van der Waals surface area contributed by atoms with E-state index in [1.165, 1.54) is 6.92 Å². The van der Waals surface area contributed by atoms with Crippen LogP contribution >= 0.6 is 11.6 Å². The number of hydrogen-bond acceptors (Lipinski definition) is 1. The van der Waals surface area contributed by atoms with Crippen molar-refractivity contribution in [2.75, 3.05) is 0 Å². The van der Waals surface area contributed by atoms with Gasteiger partial charge in [-0.1, -0.05) is 0 Å². The molecule has 0 spiro atoms. The summed E-state index contributed by atoms with van der Waals surface area (Å²) in [6, 6.07) is 0. The van der Waals surface area contributed by atoms with E-state index in [0.717, 1.165) is 0 Å². The largest absolute Gasteiger partial charge is 0.370 e. The van der Waals surface area contributed by atoms with Gasteiger partial charge in [-0.15, -0.1) is 11.6 Å². The summed E-state index contributed by atoms with van der Waals surface area (Å²) in [7, 11) is 0. The third-order valence-electron chi connectivity index (χ3n) is 0. The predicted octanol–water partition coefficient (Wildman–Crippen LogP) is 1.13. The maximum Gasteiger partial charge on any atom is 0.214 e. The summed E-state index contributed by atoms with van der Waals surface area (Å²) in [6.07, 6.45) is 0. The third kappa shape index (κ3) is 2270. The zero-order valence-corrected chi connectivity index (χ0v) is 6.20. The molecule has 0 aromatic rings. The number of halogens is 1. The molecule has 0 saturated heterocycles. The van der Waals surface area contributed by atoms with Crippen LogP contribution < -0.4 is 5.73 Å². The quantitative estimate of drug-likeness (QED) is 0.500. The summed E-state index contributed by atoms with van der Waals surface area (Å²) < 4.78 is 0. The Labute approximate surface area is 55.0 Å². The Morgan fingerprint density at radius 2 is 1.62 bits per heavy atom. The van der Waals surface area contributed by atoms with Crippen molar-refractivity contribution in [2.45, 2.75) is 26.1 Å². The van der Waals surface area contributed by atoms with Crippen LogP contribution in [0.1, 0.15) is 20.8 Å². The van der Waals surface area contributed by atoms with Crippen LogP contribution in [0.5, 0.6) is 0 Å². The highest BCUT2D eigenvalue weighted by molar-refractivity contribution is 6.20. The van der Waals surface area contributed by atoms with Gasteiger partial charge in [0.05, 0.1) is 0 Å². The van der Waals surface area contributed by atoms with Crippen LogP contribution in [0.4, 0.5) is 0 Å². The van der Waals surface area contributed by atoms with Gasteiger partial charge in [-0.2, -0.15) is 0 Å². The van der Waals surface area contributed by atoms with Crippen LogP contribution in [-0.4, -0.2) is 11.3 Å². The van der Waals surface area contributed by atoms with Crippen molar-refractivity contribution in [1.29, 1.82) is 0 Å². The Morgan fingerprint density at radius 3 is 1.62 bits per heavy atom. The Bertz CT molecular complexity index is 56.7. The highest BCUT2D eigenvalue weighted by Gasteiger charge is 1.71. The number of hydrogen-bond donors (Lipinski definition) is 1. The fourth-order valence-corrected chi connectivity index (χ4v) is 0. The van der Waals surface area contributed by atoms with Crippen molar-refractivity contribution in [3.8, 4) is 0 Å². The van der Waals surface area contributed by atoms with Gasteiger partial charge in [0.1, 0.15) is 0 Å². The summed E-state index contributed by atoms with van der Waals surface area (Å²) in [6.45, 7) is 5.17. The lowest BCUT2D eigenvalue weighted by Crippen LogP contribution is -2.01. The molecule has 0 aliphatic carbocycles. The van der Waals surface area contributed by atoms with Gasteiger partial charge in [0.25, 0.3) is 0 Å². The molecule has 0 fully saturated rings. The molecule has 0 bridgehead atoms. The first-order valence-corrected chi connectivity index (χ1v) is 2.80. The fourth-order valence-electron chi connectivity index (χ4n) is 0. The van der Waals surface area contributed by atoms with Gasteiger partial charge in [0.15, 0.2) is 0 Å². The van der Waals surface area contributed by atoms with Crippen molar-refractivity contribution in [3.05, 3.63) is 0 Å². The van der Waals surface area contributed by atoms with Gasteiger partial charge < -0.3 is 5.73 Å². The summed E-state index contributed by atoms with van der Waals surface area (Å²) in [4.78, 5) is 9.22. The summed E-state index contributed by atoms with van der Waals surface area (Å²) in [5.41, 5.74) is 4.47. The minimum atomic E-state index is -0.333. The van der Waals surface area contributed by atoms with Gasteiger partial charge in [-0.05, 0) is 13.8 Å². The Morgan fingerprint density at radius 1 is 1.62 bits per heavy atom. The van der Waals surface area contributed by atoms with E-state index in [4.69, 9.17) is 11.6 Å². The highest BCUT2D eigenvalue weighted by atomic mass is 35.5. The smallest absolute Gasteiger partial charge is 0.214 e. The first kappa shape index (κ1) is 10.7. The molecule has 0 unspecified atom stereocenters. The third-order valence-corrected chi connectivity index (χ3v) is 0. The molecular formula is C5H12ClNO. The van der Waals surface area contributed by atoms with Gasteiger partial charge >= 0.3 is 0 Å². The Kier molecular flexibility index (Phi) is 9.03. The number of rotatable bonds is 0. The average molecular weight is 138 g/mol. The molecule has 2 N–H and O–H groups in total. The first-order valence-electron chi connectivity index (χ1n) is 2.37. The number of nitrogens with two attached hydrogens (primary N) is 1. The first-order chi connectivity index (χ1) is 3.46. The normalized spacial score (nSPS) is 7.62. The zero-order valence-electron chi connectivity index (χ0n) is 5.44. The van der Waals surface area contributed by atoms with Gasteiger partial charge in [-0.3, -0.25) is 4.79 Å². The second-order valence-electron chi connectivity index (χ2n) is 1.62. The number of carbonyl (C=O) groups is 1. The number of carbonyl (C=O) groups excluding carboxylic acids is 1. The number of alkyl halides is 1. The zero-order chi connectivity index (χ0) is 7.15. The molecule has 0 rings (SSSR count). The molecule has 1 amide bonds. The van der Waals surface area contributed by atoms with Crippen LogP contribution in [0, 0.1) is 0 Å². The Hall–Kier alpha value is -0.240. The van der Waals surface area contributed by atoms with Crippen molar-refractivity contribution >= 4 is 17.5 Å². The van der Waals surface area contributed by atoms with Crippen molar-refractivity contribution in [3.63, 3.8) is 0 Å². The molecule has 0 aromatic carbocycles. The molecule has 0 aliphatic rings. The standard InChI is InChI=1S/C3H7Cl.C2H5NO/c1-3(2)4;1-2(3)4/h3H,1-2H3;1H3,(H2,3,4). The van der Waals surface area contributed by atoms with Crippen molar-refractivity contribution < 1.29 is 4.79 Å². The van der Waals surface area contributed by atoms with Crippen LogP contribution in [0.15, 0.2) is 0 Å². The van der Waals surface area contributed by atoms with Crippen LogP contribution in [0.2, 0.25) is 0 Å². The molecule has 0 atom stereocenters. The molecule has 3 heteroatoms. The molecule has 0 radical (unpaired) electrons. The van der Waals surface area contributed by atoms with E-state index in [2.05, 4.69) is 5.73 Å². The highest BCUT2D eigenvalue weighted by Crippen LogP contribution is 1.84. The summed E-state index contributed by atoms with van der Waals surface area (Å²) in [5.74, 6) is -0.333. The fraction of sp³-hybridized carbons (Fsp3) is 0.800. The van der Waals surface area contributed by atoms with E-state index < -0.39 is 0 Å². The van der Waals surface area contributed by atoms with Crippen LogP contribution in [-0.2, 0) is 4.79 Å². The van der Waals surface area contributed by atoms with Gasteiger partial charge in [-0.25, -0.2) is 0 Å². The van der Waals surface area contributed by atoms with E-state index in [1.807, 2.05) is 13.8 Å². The second-order valence-corrected chi connectivity index (χ2v) is 2.50. The molecule has 0 aromatic heterocycles. The summed E-state index contributed by atoms with van der Waals surface area (Å²) in [5, 5.41) is 0.306. The second kappa shape index (κ2) is 6.76. The lowest BCUT2D eigenvalue weighted by Gasteiger charge is -1.76. The molecule has 8 heavy (non-hydrogen) atoms. The molecule has 2 nitrogen and oxygen atoms in total. The lowest BCUT2D eigenvalue weighted by molar-refractivity contribution is -0.115. The van der Waals surface area contributed by atoms with E-state index in [9.17, 15) is 4.79 Å². The number of primary amides is 1.